The first kappa shape index (κ1) is 18.6. The van der Waals surface area contributed by atoms with Crippen molar-refractivity contribution in [1.29, 1.82) is 0 Å². The van der Waals surface area contributed by atoms with Gasteiger partial charge in [-0.1, -0.05) is 18.2 Å². The lowest BCUT2D eigenvalue weighted by molar-refractivity contribution is -0.394. The molecule has 1 aromatic heterocycles. The third-order valence-corrected chi connectivity index (χ3v) is 5.41. The van der Waals surface area contributed by atoms with E-state index in [1.54, 1.807) is 4.90 Å². The molecule has 1 fully saturated rings. The van der Waals surface area contributed by atoms with Gasteiger partial charge in [-0.3, -0.25) is 25.0 Å². The minimum absolute atomic E-state index is 0.0311. The highest BCUT2D eigenvalue weighted by molar-refractivity contribution is 5.95. The lowest BCUT2D eigenvalue weighted by Gasteiger charge is -2.32. The average molecular weight is 394 g/mol. The molecule has 0 radical (unpaired) electrons. The van der Waals surface area contributed by atoms with Crippen LogP contribution in [0.2, 0.25) is 0 Å². The molecule has 2 heterocycles. The molecular formula is C20H18N4O5. The molecule has 0 spiro atoms. The van der Waals surface area contributed by atoms with Crippen molar-refractivity contribution in [3.05, 3.63) is 80.0 Å². The van der Waals surface area contributed by atoms with Crippen molar-refractivity contribution in [1.82, 2.24) is 9.88 Å². The SMILES string of the molecule is O=C(c1cc([N+](=O)[O-])cc([N+](=O)[O-])c1)N1CCC(c2c[nH]c3ccccc23)CC1. The Labute approximate surface area is 165 Å². The largest absolute Gasteiger partial charge is 0.361 e. The molecule has 1 amide bonds. The first-order valence-electron chi connectivity index (χ1n) is 9.23. The first-order chi connectivity index (χ1) is 13.9. The molecule has 1 aliphatic heterocycles. The summed E-state index contributed by atoms with van der Waals surface area (Å²) in [6, 6.07) is 11.1. The molecule has 0 bridgehead atoms. The minimum atomic E-state index is -0.729. The summed E-state index contributed by atoms with van der Waals surface area (Å²) in [6.45, 7) is 0.971. The smallest absolute Gasteiger partial charge is 0.277 e. The summed E-state index contributed by atoms with van der Waals surface area (Å²) in [7, 11) is 0. The Morgan fingerprint density at radius 2 is 1.62 bits per heavy atom. The summed E-state index contributed by atoms with van der Waals surface area (Å²) in [4.78, 5) is 38.4. The van der Waals surface area contributed by atoms with Gasteiger partial charge in [-0.15, -0.1) is 0 Å². The van der Waals surface area contributed by atoms with Crippen molar-refractivity contribution < 1.29 is 14.6 Å². The fourth-order valence-electron chi connectivity index (χ4n) is 3.94. The molecule has 1 N–H and O–H groups in total. The maximum atomic E-state index is 12.8. The molecule has 9 nitrogen and oxygen atoms in total. The number of benzene rings is 2. The number of rotatable bonds is 4. The fourth-order valence-corrected chi connectivity index (χ4v) is 3.94. The predicted octanol–water partition coefficient (Wildman–Crippen LogP) is 4.00. The second-order valence-corrected chi connectivity index (χ2v) is 7.11. The second kappa shape index (κ2) is 7.34. The summed E-state index contributed by atoms with van der Waals surface area (Å²) in [5, 5.41) is 23.3. The van der Waals surface area contributed by atoms with Gasteiger partial charge in [-0.25, -0.2) is 0 Å². The van der Waals surface area contributed by atoms with E-state index in [0.717, 1.165) is 36.6 Å². The molecule has 4 rings (SSSR count). The number of fused-ring (bicyclic) bond motifs is 1. The monoisotopic (exact) mass is 394 g/mol. The van der Waals surface area contributed by atoms with Gasteiger partial charge in [0.2, 0.25) is 0 Å². The summed E-state index contributed by atoms with van der Waals surface area (Å²) in [5.41, 5.74) is 1.34. The lowest BCUT2D eigenvalue weighted by Crippen LogP contribution is -2.37. The van der Waals surface area contributed by atoms with Gasteiger partial charge in [0, 0.05) is 42.3 Å². The van der Waals surface area contributed by atoms with Gasteiger partial charge in [0.05, 0.1) is 21.5 Å². The van der Waals surface area contributed by atoms with Crippen LogP contribution >= 0.6 is 0 Å². The van der Waals surface area contributed by atoms with Crippen molar-refractivity contribution >= 4 is 28.2 Å². The molecule has 9 heteroatoms. The third kappa shape index (κ3) is 3.54. The van der Waals surface area contributed by atoms with Crippen molar-refractivity contribution in [2.24, 2.45) is 0 Å². The number of carbonyl (C=O) groups is 1. The number of H-pyrrole nitrogens is 1. The van der Waals surface area contributed by atoms with E-state index in [1.165, 1.54) is 10.9 Å². The van der Waals surface area contributed by atoms with Gasteiger partial charge in [-0.2, -0.15) is 0 Å². The Morgan fingerprint density at radius 1 is 1.00 bits per heavy atom. The molecule has 1 saturated heterocycles. The van der Waals surface area contributed by atoms with Crippen LogP contribution in [0.5, 0.6) is 0 Å². The van der Waals surface area contributed by atoms with Crippen LogP contribution in [0.15, 0.2) is 48.7 Å². The van der Waals surface area contributed by atoms with Crippen molar-refractivity contribution in [2.45, 2.75) is 18.8 Å². The van der Waals surface area contributed by atoms with Crippen LogP contribution in [-0.4, -0.2) is 38.7 Å². The zero-order valence-corrected chi connectivity index (χ0v) is 15.4. The molecular weight excluding hydrogens is 376 g/mol. The van der Waals surface area contributed by atoms with Gasteiger partial charge < -0.3 is 9.88 Å². The molecule has 1 aliphatic rings. The van der Waals surface area contributed by atoms with E-state index in [2.05, 4.69) is 11.1 Å². The number of nitro groups is 2. The van der Waals surface area contributed by atoms with Gasteiger partial charge in [0.1, 0.15) is 0 Å². The maximum absolute atomic E-state index is 12.8. The first-order valence-corrected chi connectivity index (χ1v) is 9.23. The molecule has 29 heavy (non-hydrogen) atoms. The second-order valence-electron chi connectivity index (χ2n) is 7.11. The number of amides is 1. The van der Waals surface area contributed by atoms with Crippen molar-refractivity contribution in [3.8, 4) is 0 Å². The number of aromatic amines is 1. The number of nitrogens with one attached hydrogen (secondary N) is 1. The van der Waals surface area contributed by atoms with Crippen LogP contribution < -0.4 is 0 Å². The number of para-hydroxylation sites is 1. The summed E-state index contributed by atoms with van der Waals surface area (Å²) < 4.78 is 0. The van der Waals surface area contributed by atoms with Crippen LogP contribution in [0.25, 0.3) is 10.9 Å². The van der Waals surface area contributed by atoms with E-state index < -0.39 is 27.1 Å². The zero-order chi connectivity index (χ0) is 20.5. The van der Waals surface area contributed by atoms with Crippen LogP contribution in [0.1, 0.15) is 34.7 Å². The topological polar surface area (TPSA) is 122 Å². The zero-order valence-electron chi connectivity index (χ0n) is 15.4. The number of piperidine rings is 1. The molecule has 0 atom stereocenters. The van der Waals surface area contributed by atoms with Gasteiger partial charge >= 0.3 is 0 Å². The minimum Gasteiger partial charge on any atom is -0.361 e. The van der Waals surface area contributed by atoms with Crippen LogP contribution in [-0.2, 0) is 0 Å². The highest BCUT2D eigenvalue weighted by atomic mass is 16.6. The quantitative estimate of drug-likeness (QED) is 0.529. The average Bonchev–Trinajstić information content (AvgIpc) is 3.17. The summed E-state index contributed by atoms with van der Waals surface area (Å²) in [6.07, 6.45) is 3.52. The normalized spacial score (nSPS) is 14.8. The van der Waals surface area contributed by atoms with Crippen molar-refractivity contribution in [2.75, 3.05) is 13.1 Å². The van der Waals surface area contributed by atoms with Crippen LogP contribution in [0.3, 0.4) is 0 Å². The Bertz CT molecular complexity index is 1080. The standard InChI is InChI=1S/C20H18N4O5/c25-20(14-9-15(23(26)27)11-16(10-14)24(28)29)22-7-5-13(6-8-22)18-12-21-19-4-2-1-3-17(18)19/h1-4,9-13,21H,5-8H2. The number of likely N-dealkylation sites (tertiary alicyclic amines) is 1. The van der Waals surface area contributed by atoms with Gasteiger partial charge in [0.15, 0.2) is 0 Å². The summed E-state index contributed by atoms with van der Waals surface area (Å²) in [5.74, 6) is -0.121. The number of carbonyl (C=O) groups excluding carboxylic acids is 1. The Morgan fingerprint density at radius 3 is 2.24 bits per heavy atom. The molecule has 0 saturated carbocycles. The lowest BCUT2D eigenvalue weighted by atomic mass is 9.89. The van der Waals surface area contributed by atoms with E-state index in [9.17, 15) is 25.0 Å². The van der Waals surface area contributed by atoms with E-state index in [4.69, 9.17) is 0 Å². The fraction of sp³-hybridized carbons (Fsp3) is 0.250. The van der Waals surface area contributed by atoms with Gasteiger partial charge in [-0.05, 0) is 30.4 Å². The number of hydrogen-bond donors (Lipinski definition) is 1. The number of nitrogens with zero attached hydrogens (tertiary/aromatic N) is 3. The number of aromatic nitrogens is 1. The van der Waals surface area contributed by atoms with Crippen LogP contribution in [0.4, 0.5) is 11.4 Å². The highest BCUT2D eigenvalue weighted by Crippen LogP contribution is 2.34. The van der Waals surface area contributed by atoms with Crippen LogP contribution in [0, 0.1) is 20.2 Å². The van der Waals surface area contributed by atoms with E-state index >= 15 is 0 Å². The molecule has 0 unspecified atom stereocenters. The maximum Gasteiger partial charge on any atom is 0.277 e. The van der Waals surface area contributed by atoms with E-state index in [0.29, 0.717) is 19.0 Å². The third-order valence-electron chi connectivity index (χ3n) is 5.41. The highest BCUT2D eigenvalue weighted by Gasteiger charge is 2.28. The predicted molar refractivity (Wildman–Crippen MR) is 106 cm³/mol. The Balaban J connectivity index is 1.52. The number of non-ortho nitro benzene ring substituents is 2. The Hall–Kier alpha value is -3.75. The molecule has 0 aliphatic carbocycles. The summed E-state index contributed by atoms with van der Waals surface area (Å²) >= 11 is 0. The number of hydrogen-bond acceptors (Lipinski definition) is 5. The molecule has 3 aromatic rings. The van der Waals surface area contributed by atoms with Crippen molar-refractivity contribution in [3.63, 3.8) is 0 Å². The Kier molecular flexibility index (Phi) is 4.71. The molecule has 148 valence electrons. The van der Waals surface area contributed by atoms with E-state index in [-0.39, 0.29) is 5.56 Å². The molecule has 2 aromatic carbocycles. The number of nitro benzene ring substituents is 2. The van der Waals surface area contributed by atoms with Gasteiger partial charge in [0.25, 0.3) is 17.3 Å². The van der Waals surface area contributed by atoms with E-state index in [1.807, 2.05) is 24.4 Å².